The molecule has 2 atom stereocenters. The lowest BCUT2D eigenvalue weighted by atomic mass is 9.95. The third-order valence-electron chi connectivity index (χ3n) is 4.35. The average Bonchev–Trinajstić information content (AvgIpc) is 2.69. The van der Waals surface area contributed by atoms with Gasteiger partial charge >= 0.3 is 11.8 Å². The Labute approximate surface area is 151 Å². The molecule has 0 radical (unpaired) electrons. The Hall–Kier alpha value is -2.80. The molecule has 1 aliphatic rings. The van der Waals surface area contributed by atoms with Crippen LogP contribution in [0.3, 0.4) is 0 Å². The minimum absolute atomic E-state index is 0.0150. The van der Waals surface area contributed by atoms with Gasteiger partial charge in [-0.3, -0.25) is 14.6 Å². The predicted molar refractivity (Wildman–Crippen MR) is 95.8 cm³/mol. The molecule has 1 aromatic carbocycles. The molecule has 1 saturated heterocycles. The SMILES string of the molecule is O=C(Nc1ccc(F)cc1)C(=O)NC(c1ccccn1)C1CCCCN1. The third kappa shape index (κ3) is 4.64. The van der Waals surface area contributed by atoms with Gasteiger partial charge in [0.15, 0.2) is 0 Å². The first-order valence-electron chi connectivity index (χ1n) is 8.65. The number of carbonyl (C=O) groups excluding carboxylic acids is 2. The fourth-order valence-electron chi connectivity index (χ4n) is 3.03. The number of rotatable bonds is 4. The molecule has 1 fully saturated rings. The fraction of sp³-hybridized carbons (Fsp3) is 0.316. The molecule has 0 aliphatic carbocycles. The van der Waals surface area contributed by atoms with E-state index >= 15 is 0 Å². The van der Waals surface area contributed by atoms with Crippen molar-refractivity contribution in [2.24, 2.45) is 0 Å². The Morgan fingerprint density at radius 1 is 1.12 bits per heavy atom. The van der Waals surface area contributed by atoms with E-state index in [2.05, 4.69) is 20.9 Å². The third-order valence-corrected chi connectivity index (χ3v) is 4.35. The highest BCUT2D eigenvalue weighted by Crippen LogP contribution is 2.21. The van der Waals surface area contributed by atoms with Crippen LogP contribution in [0.4, 0.5) is 10.1 Å². The van der Waals surface area contributed by atoms with E-state index in [4.69, 9.17) is 0 Å². The van der Waals surface area contributed by atoms with Crippen molar-refractivity contribution in [3.63, 3.8) is 0 Å². The molecular formula is C19H21FN4O2. The minimum atomic E-state index is -0.798. The van der Waals surface area contributed by atoms with E-state index in [9.17, 15) is 14.0 Å². The van der Waals surface area contributed by atoms with Crippen molar-refractivity contribution in [3.8, 4) is 0 Å². The fourth-order valence-corrected chi connectivity index (χ4v) is 3.03. The number of nitrogens with zero attached hydrogens (tertiary/aromatic N) is 1. The molecular weight excluding hydrogens is 335 g/mol. The van der Waals surface area contributed by atoms with Gasteiger partial charge in [-0.15, -0.1) is 0 Å². The molecule has 3 rings (SSSR count). The number of anilines is 1. The molecule has 2 aromatic rings. The second kappa shape index (κ2) is 8.53. The number of hydrogen-bond acceptors (Lipinski definition) is 4. The molecule has 2 heterocycles. The van der Waals surface area contributed by atoms with Gasteiger partial charge in [0.2, 0.25) is 0 Å². The number of halogens is 1. The maximum atomic E-state index is 12.9. The average molecular weight is 356 g/mol. The molecule has 0 bridgehead atoms. The summed E-state index contributed by atoms with van der Waals surface area (Å²) in [6.45, 7) is 0.867. The summed E-state index contributed by atoms with van der Waals surface area (Å²) in [6, 6.07) is 10.3. The van der Waals surface area contributed by atoms with Crippen molar-refractivity contribution >= 4 is 17.5 Å². The van der Waals surface area contributed by atoms with E-state index in [-0.39, 0.29) is 6.04 Å². The van der Waals surface area contributed by atoms with E-state index in [1.54, 1.807) is 12.3 Å². The summed E-state index contributed by atoms with van der Waals surface area (Å²) in [5.41, 5.74) is 1.06. The zero-order valence-electron chi connectivity index (χ0n) is 14.2. The Morgan fingerprint density at radius 3 is 2.58 bits per heavy atom. The predicted octanol–water partition coefficient (Wildman–Crippen LogP) is 2.16. The number of pyridine rings is 1. The molecule has 0 saturated carbocycles. The Morgan fingerprint density at radius 2 is 1.92 bits per heavy atom. The van der Waals surface area contributed by atoms with Crippen LogP contribution in [0, 0.1) is 5.82 Å². The van der Waals surface area contributed by atoms with Crippen molar-refractivity contribution in [2.45, 2.75) is 31.3 Å². The molecule has 6 nitrogen and oxygen atoms in total. The molecule has 26 heavy (non-hydrogen) atoms. The van der Waals surface area contributed by atoms with Crippen LogP contribution in [-0.4, -0.2) is 29.4 Å². The molecule has 136 valence electrons. The van der Waals surface area contributed by atoms with Crippen molar-refractivity contribution in [2.75, 3.05) is 11.9 Å². The van der Waals surface area contributed by atoms with Crippen LogP contribution >= 0.6 is 0 Å². The van der Waals surface area contributed by atoms with E-state index in [0.29, 0.717) is 11.4 Å². The first-order chi connectivity index (χ1) is 12.6. The first kappa shape index (κ1) is 18.0. The Kier molecular flexibility index (Phi) is 5.91. The number of aromatic nitrogens is 1. The van der Waals surface area contributed by atoms with Gasteiger partial charge in [0.05, 0.1) is 11.7 Å². The highest BCUT2D eigenvalue weighted by molar-refractivity contribution is 6.39. The lowest BCUT2D eigenvalue weighted by Gasteiger charge is -2.31. The van der Waals surface area contributed by atoms with Crippen LogP contribution in [0.15, 0.2) is 48.7 Å². The van der Waals surface area contributed by atoms with Crippen molar-refractivity contribution in [1.82, 2.24) is 15.6 Å². The number of amides is 2. The van der Waals surface area contributed by atoms with E-state index < -0.39 is 23.7 Å². The number of carbonyl (C=O) groups is 2. The topological polar surface area (TPSA) is 83.1 Å². The number of piperidine rings is 1. The number of nitrogens with one attached hydrogen (secondary N) is 3. The van der Waals surface area contributed by atoms with Crippen LogP contribution in [0.2, 0.25) is 0 Å². The Bertz CT molecular complexity index is 746. The van der Waals surface area contributed by atoms with Gasteiger partial charge in [-0.25, -0.2) is 4.39 Å². The standard InChI is InChI=1S/C19H21FN4O2/c20-13-7-9-14(10-8-13)23-18(25)19(26)24-17(15-5-1-3-11-21-15)16-6-2-4-12-22-16/h1,3,5,7-11,16-17,22H,2,4,6,12H2,(H,23,25)(H,24,26). The summed E-state index contributed by atoms with van der Waals surface area (Å²) in [4.78, 5) is 28.9. The van der Waals surface area contributed by atoms with Gasteiger partial charge < -0.3 is 16.0 Å². The van der Waals surface area contributed by atoms with E-state index in [1.165, 1.54) is 24.3 Å². The van der Waals surface area contributed by atoms with Gasteiger partial charge in [0, 0.05) is 17.9 Å². The smallest absolute Gasteiger partial charge is 0.313 e. The summed E-state index contributed by atoms with van der Waals surface area (Å²) in [5, 5.41) is 8.64. The van der Waals surface area contributed by atoms with Gasteiger partial charge in [-0.1, -0.05) is 12.5 Å². The lowest BCUT2D eigenvalue weighted by molar-refractivity contribution is -0.136. The molecule has 2 amide bonds. The highest BCUT2D eigenvalue weighted by atomic mass is 19.1. The summed E-state index contributed by atoms with van der Waals surface area (Å²) in [6.07, 6.45) is 4.69. The molecule has 2 unspecified atom stereocenters. The quantitative estimate of drug-likeness (QED) is 0.733. The van der Waals surface area contributed by atoms with Crippen molar-refractivity contribution in [1.29, 1.82) is 0 Å². The molecule has 3 N–H and O–H groups in total. The van der Waals surface area contributed by atoms with Crippen LogP contribution in [0.25, 0.3) is 0 Å². The summed E-state index contributed by atoms with van der Waals surface area (Å²) in [5.74, 6) is -1.96. The Balaban J connectivity index is 1.69. The summed E-state index contributed by atoms with van der Waals surface area (Å²) >= 11 is 0. The molecule has 7 heteroatoms. The van der Waals surface area contributed by atoms with Gasteiger partial charge in [0.1, 0.15) is 5.82 Å². The maximum Gasteiger partial charge on any atom is 0.313 e. The van der Waals surface area contributed by atoms with Crippen LogP contribution in [-0.2, 0) is 9.59 Å². The van der Waals surface area contributed by atoms with E-state index in [0.717, 1.165) is 25.8 Å². The molecule has 1 aromatic heterocycles. The second-order valence-electron chi connectivity index (χ2n) is 6.22. The molecule has 1 aliphatic heterocycles. The van der Waals surface area contributed by atoms with Crippen molar-refractivity contribution < 1.29 is 14.0 Å². The van der Waals surface area contributed by atoms with Gasteiger partial charge in [-0.2, -0.15) is 0 Å². The largest absolute Gasteiger partial charge is 0.338 e. The normalized spacial score (nSPS) is 18.0. The van der Waals surface area contributed by atoms with Crippen LogP contribution < -0.4 is 16.0 Å². The number of benzene rings is 1. The van der Waals surface area contributed by atoms with Crippen LogP contribution in [0.1, 0.15) is 31.0 Å². The monoisotopic (exact) mass is 356 g/mol. The zero-order valence-corrected chi connectivity index (χ0v) is 14.2. The molecule has 0 spiro atoms. The summed E-state index contributed by atoms with van der Waals surface area (Å²) < 4.78 is 12.9. The second-order valence-corrected chi connectivity index (χ2v) is 6.22. The highest BCUT2D eigenvalue weighted by Gasteiger charge is 2.29. The number of hydrogen-bond donors (Lipinski definition) is 3. The van der Waals surface area contributed by atoms with Crippen molar-refractivity contribution in [3.05, 3.63) is 60.2 Å². The van der Waals surface area contributed by atoms with Gasteiger partial charge in [0.25, 0.3) is 0 Å². The zero-order chi connectivity index (χ0) is 18.4. The first-order valence-corrected chi connectivity index (χ1v) is 8.65. The maximum absolute atomic E-state index is 12.9. The van der Waals surface area contributed by atoms with E-state index in [1.807, 2.05) is 12.1 Å². The minimum Gasteiger partial charge on any atom is -0.338 e. The summed E-state index contributed by atoms with van der Waals surface area (Å²) in [7, 11) is 0. The van der Waals surface area contributed by atoms with Crippen LogP contribution in [0.5, 0.6) is 0 Å². The lowest BCUT2D eigenvalue weighted by Crippen LogP contribution is -2.48. The van der Waals surface area contributed by atoms with Gasteiger partial charge in [-0.05, 0) is 55.8 Å².